The van der Waals surface area contributed by atoms with Gasteiger partial charge in [-0.2, -0.15) is 11.8 Å². The second-order valence-corrected chi connectivity index (χ2v) is 6.92. The van der Waals surface area contributed by atoms with E-state index < -0.39 is 0 Å². The summed E-state index contributed by atoms with van der Waals surface area (Å²) in [5, 5.41) is 4.41. The van der Waals surface area contributed by atoms with Crippen molar-refractivity contribution in [3.05, 3.63) is 35.9 Å². The zero-order chi connectivity index (χ0) is 13.7. The fraction of sp³-hybridized carbons (Fsp3) is 0.625. The first-order chi connectivity index (χ1) is 9.19. The Bertz CT molecular complexity index is 368. The van der Waals surface area contributed by atoms with Gasteiger partial charge in [-0.3, -0.25) is 4.90 Å². The maximum Gasteiger partial charge on any atom is 0.0236 e. The molecule has 1 aliphatic rings. The third kappa shape index (κ3) is 4.51. The highest BCUT2D eigenvalue weighted by atomic mass is 32.2. The first kappa shape index (κ1) is 14.9. The van der Waals surface area contributed by atoms with Crippen molar-refractivity contribution in [1.82, 2.24) is 10.2 Å². The normalized spacial score (nSPS) is 26.3. The summed E-state index contributed by atoms with van der Waals surface area (Å²) < 4.78 is 0. The molecule has 3 heteroatoms. The van der Waals surface area contributed by atoms with E-state index in [4.69, 9.17) is 0 Å². The number of rotatable bonds is 5. The summed E-state index contributed by atoms with van der Waals surface area (Å²) in [6.45, 7) is 8.14. The van der Waals surface area contributed by atoms with E-state index in [2.05, 4.69) is 60.7 Å². The van der Waals surface area contributed by atoms with Crippen LogP contribution in [-0.4, -0.2) is 48.1 Å². The van der Waals surface area contributed by atoms with Gasteiger partial charge in [0, 0.05) is 37.0 Å². The van der Waals surface area contributed by atoms with Crippen molar-refractivity contribution in [2.75, 3.05) is 25.9 Å². The quantitative estimate of drug-likeness (QED) is 0.891. The zero-order valence-corrected chi connectivity index (χ0v) is 13.1. The molecule has 3 atom stereocenters. The molecule has 19 heavy (non-hydrogen) atoms. The van der Waals surface area contributed by atoms with E-state index in [-0.39, 0.29) is 0 Å². The highest BCUT2D eigenvalue weighted by Crippen LogP contribution is 2.15. The van der Waals surface area contributed by atoms with Gasteiger partial charge in [0.05, 0.1) is 0 Å². The minimum Gasteiger partial charge on any atom is -0.311 e. The van der Waals surface area contributed by atoms with Gasteiger partial charge >= 0.3 is 0 Å². The van der Waals surface area contributed by atoms with Crippen LogP contribution in [0.15, 0.2) is 30.3 Å². The van der Waals surface area contributed by atoms with Crippen molar-refractivity contribution in [3.8, 4) is 0 Å². The summed E-state index contributed by atoms with van der Waals surface area (Å²) in [7, 11) is 0. The minimum atomic E-state index is 0.590. The number of thioether (sulfide) groups is 1. The Morgan fingerprint density at radius 3 is 2.79 bits per heavy atom. The van der Waals surface area contributed by atoms with Crippen LogP contribution in [0, 0.1) is 0 Å². The molecule has 2 nitrogen and oxygen atoms in total. The monoisotopic (exact) mass is 278 g/mol. The summed E-state index contributed by atoms with van der Waals surface area (Å²) in [4.78, 5) is 2.64. The Morgan fingerprint density at radius 1 is 1.37 bits per heavy atom. The van der Waals surface area contributed by atoms with Crippen molar-refractivity contribution in [3.63, 3.8) is 0 Å². The Balaban J connectivity index is 1.89. The molecule has 1 aliphatic heterocycles. The number of hydrogen-bond acceptors (Lipinski definition) is 3. The first-order valence-corrected chi connectivity index (χ1v) is 8.52. The Morgan fingerprint density at radius 2 is 2.11 bits per heavy atom. The van der Waals surface area contributed by atoms with Crippen molar-refractivity contribution >= 4 is 11.8 Å². The highest BCUT2D eigenvalue weighted by molar-refractivity contribution is 7.99. The molecule has 1 aromatic rings. The molecular formula is C16H26N2S. The molecule has 1 aromatic carbocycles. The largest absolute Gasteiger partial charge is 0.311 e. The molecule has 0 aromatic heterocycles. The molecule has 3 unspecified atom stereocenters. The molecule has 0 spiro atoms. The Kier molecular flexibility index (Phi) is 5.74. The summed E-state index contributed by atoms with van der Waals surface area (Å²) in [6.07, 6.45) is 3.34. The summed E-state index contributed by atoms with van der Waals surface area (Å²) in [5.74, 6) is 0. The molecule has 0 aliphatic carbocycles. The van der Waals surface area contributed by atoms with E-state index in [1.165, 1.54) is 18.7 Å². The van der Waals surface area contributed by atoms with Crippen LogP contribution in [0.4, 0.5) is 0 Å². The molecule has 0 amide bonds. The van der Waals surface area contributed by atoms with Crippen LogP contribution in [-0.2, 0) is 6.42 Å². The van der Waals surface area contributed by atoms with Crippen molar-refractivity contribution in [2.24, 2.45) is 0 Å². The smallest absolute Gasteiger partial charge is 0.0236 e. The number of hydrogen-bond donors (Lipinski definition) is 1. The summed E-state index contributed by atoms with van der Waals surface area (Å²) in [6, 6.07) is 12.1. The fourth-order valence-electron chi connectivity index (χ4n) is 2.69. The van der Waals surface area contributed by atoms with Crippen LogP contribution in [0.5, 0.6) is 0 Å². The van der Waals surface area contributed by atoms with Gasteiger partial charge in [-0.25, -0.2) is 0 Å². The van der Waals surface area contributed by atoms with Gasteiger partial charge in [-0.1, -0.05) is 37.3 Å². The second-order valence-electron chi connectivity index (χ2n) is 5.64. The van der Waals surface area contributed by atoms with E-state index in [9.17, 15) is 0 Å². The average molecular weight is 278 g/mol. The molecule has 0 radical (unpaired) electrons. The number of nitrogens with zero attached hydrogens (tertiary/aromatic N) is 1. The SMILES string of the molecule is CSC(C)CN1CC(Cc2ccccc2)NCC1C. The number of nitrogens with one attached hydrogen (secondary N) is 1. The van der Waals surface area contributed by atoms with Gasteiger partial charge < -0.3 is 5.32 Å². The summed E-state index contributed by atoms with van der Waals surface area (Å²) in [5.41, 5.74) is 1.44. The second kappa shape index (κ2) is 7.32. The lowest BCUT2D eigenvalue weighted by Gasteiger charge is -2.40. The average Bonchev–Trinajstić information content (AvgIpc) is 2.43. The molecular weight excluding hydrogens is 252 g/mol. The van der Waals surface area contributed by atoms with Crippen LogP contribution in [0.1, 0.15) is 19.4 Å². The lowest BCUT2D eigenvalue weighted by molar-refractivity contribution is 0.142. The number of piperazine rings is 1. The van der Waals surface area contributed by atoms with Gasteiger partial charge in [0.25, 0.3) is 0 Å². The van der Waals surface area contributed by atoms with E-state index in [0.29, 0.717) is 12.1 Å². The first-order valence-electron chi connectivity index (χ1n) is 7.23. The molecule has 0 saturated carbocycles. The fourth-order valence-corrected chi connectivity index (χ4v) is 3.03. The predicted molar refractivity (Wildman–Crippen MR) is 85.9 cm³/mol. The van der Waals surface area contributed by atoms with Crippen LogP contribution < -0.4 is 5.32 Å². The Hall–Kier alpha value is -0.510. The summed E-state index contributed by atoms with van der Waals surface area (Å²) >= 11 is 1.96. The highest BCUT2D eigenvalue weighted by Gasteiger charge is 2.25. The lowest BCUT2D eigenvalue weighted by atomic mass is 10.0. The zero-order valence-electron chi connectivity index (χ0n) is 12.3. The van der Waals surface area contributed by atoms with E-state index in [0.717, 1.165) is 18.2 Å². The van der Waals surface area contributed by atoms with Crippen molar-refractivity contribution < 1.29 is 0 Å². The molecule has 1 saturated heterocycles. The van der Waals surface area contributed by atoms with Gasteiger partial charge in [-0.05, 0) is 25.2 Å². The molecule has 2 rings (SSSR count). The van der Waals surface area contributed by atoms with Gasteiger partial charge in [-0.15, -0.1) is 0 Å². The third-order valence-corrected chi connectivity index (χ3v) is 4.95. The Labute approximate surface area is 122 Å². The van der Waals surface area contributed by atoms with Crippen LogP contribution in [0.25, 0.3) is 0 Å². The van der Waals surface area contributed by atoms with E-state index >= 15 is 0 Å². The van der Waals surface area contributed by atoms with Gasteiger partial charge in [0.15, 0.2) is 0 Å². The van der Waals surface area contributed by atoms with E-state index in [1.807, 2.05) is 11.8 Å². The van der Waals surface area contributed by atoms with Crippen LogP contribution in [0.3, 0.4) is 0 Å². The van der Waals surface area contributed by atoms with E-state index in [1.54, 1.807) is 0 Å². The standard InChI is InChI=1S/C16H26N2S/c1-13-10-17-16(9-15-7-5-4-6-8-15)12-18(13)11-14(2)19-3/h4-8,13-14,16-17H,9-12H2,1-3H3. The number of benzene rings is 1. The maximum atomic E-state index is 3.69. The molecule has 0 bridgehead atoms. The van der Waals surface area contributed by atoms with Gasteiger partial charge in [0.2, 0.25) is 0 Å². The van der Waals surface area contributed by atoms with Crippen molar-refractivity contribution in [1.29, 1.82) is 0 Å². The lowest BCUT2D eigenvalue weighted by Crippen LogP contribution is -2.57. The van der Waals surface area contributed by atoms with Crippen LogP contribution in [0.2, 0.25) is 0 Å². The maximum absolute atomic E-state index is 3.69. The topological polar surface area (TPSA) is 15.3 Å². The minimum absolute atomic E-state index is 0.590. The van der Waals surface area contributed by atoms with Crippen LogP contribution >= 0.6 is 11.8 Å². The predicted octanol–water partition coefficient (Wildman–Crippen LogP) is 2.64. The molecule has 106 valence electrons. The molecule has 1 N–H and O–H groups in total. The third-order valence-electron chi connectivity index (χ3n) is 4.00. The molecule has 1 heterocycles. The van der Waals surface area contributed by atoms with Crippen molar-refractivity contribution in [2.45, 2.75) is 37.6 Å². The molecule has 1 fully saturated rings. The van der Waals surface area contributed by atoms with Gasteiger partial charge in [0.1, 0.15) is 0 Å².